The number of hydrogen-bond donors (Lipinski definition) is 0. The Morgan fingerprint density at radius 3 is 2.64 bits per heavy atom. The second-order valence-corrected chi connectivity index (χ2v) is 6.22. The van der Waals surface area contributed by atoms with Crippen LogP contribution in [0.25, 0.3) is 22.6 Å². The lowest BCUT2D eigenvalue weighted by Crippen LogP contribution is -1.83. The fourth-order valence-corrected chi connectivity index (χ4v) is 2.84. The molecule has 0 atom stereocenters. The quantitative estimate of drug-likeness (QED) is 0.385. The van der Waals surface area contributed by atoms with Crippen molar-refractivity contribution in [3.05, 3.63) is 82.3 Å². The summed E-state index contributed by atoms with van der Waals surface area (Å²) in [6, 6.07) is 20.8. The molecule has 1 aromatic heterocycles. The summed E-state index contributed by atoms with van der Waals surface area (Å²) in [5, 5.41) is 0.994. The molecule has 0 aliphatic rings. The summed E-state index contributed by atoms with van der Waals surface area (Å²) < 4.78 is 5.81. The first kappa shape index (κ1) is 15.9. The van der Waals surface area contributed by atoms with Crippen LogP contribution in [0.5, 0.6) is 0 Å². The van der Waals surface area contributed by atoms with Crippen molar-refractivity contribution in [2.24, 2.45) is 4.99 Å². The van der Waals surface area contributed by atoms with E-state index in [1.807, 2.05) is 60.7 Å². The van der Waals surface area contributed by atoms with Crippen molar-refractivity contribution in [3.8, 4) is 11.5 Å². The molecule has 0 bridgehead atoms. The van der Waals surface area contributed by atoms with Crippen LogP contribution in [0.2, 0.25) is 10.0 Å². The highest BCUT2D eigenvalue weighted by molar-refractivity contribution is 6.43. The number of rotatable bonds is 3. The number of fused-ring (bicyclic) bond motifs is 1. The molecule has 0 unspecified atom stereocenters. The van der Waals surface area contributed by atoms with Gasteiger partial charge in [-0.15, -0.1) is 0 Å². The Bertz CT molecular complexity index is 1050. The number of para-hydroxylation sites is 2. The molecule has 0 N–H and O–H groups in total. The molecule has 4 aromatic rings. The van der Waals surface area contributed by atoms with Gasteiger partial charge in [-0.05, 0) is 36.4 Å². The van der Waals surface area contributed by atoms with Crippen LogP contribution < -0.4 is 0 Å². The second kappa shape index (κ2) is 6.71. The minimum Gasteiger partial charge on any atom is -0.436 e. The first-order chi connectivity index (χ1) is 12.2. The normalized spacial score (nSPS) is 11.4. The lowest BCUT2D eigenvalue weighted by Gasteiger charge is -2.00. The van der Waals surface area contributed by atoms with E-state index in [1.165, 1.54) is 0 Å². The van der Waals surface area contributed by atoms with E-state index >= 15 is 0 Å². The SMILES string of the molecule is Clc1cccc(C=Nc2cccc(-c3nc4ccccc4o3)c2)c1Cl. The fourth-order valence-electron chi connectivity index (χ4n) is 2.48. The topological polar surface area (TPSA) is 38.4 Å². The first-order valence-electron chi connectivity index (χ1n) is 7.65. The van der Waals surface area contributed by atoms with E-state index in [2.05, 4.69) is 9.98 Å². The van der Waals surface area contributed by atoms with Gasteiger partial charge in [0.05, 0.1) is 15.7 Å². The summed E-state index contributed by atoms with van der Waals surface area (Å²) in [5.41, 5.74) is 3.99. The highest BCUT2D eigenvalue weighted by Gasteiger charge is 2.08. The standard InChI is InChI=1S/C20H12Cl2N2O/c21-16-8-4-6-14(19(16)22)12-23-15-7-3-5-13(11-15)20-24-17-9-1-2-10-18(17)25-20/h1-12H. The summed E-state index contributed by atoms with van der Waals surface area (Å²) in [6.45, 7) is 0. The lowest BCUT2D eigenvalue weighted by atomic mass is 10.2. The van der Waals surface area contributed by atoms with Crippen LogP contribution in [0, 0.1) is 0 Å². The van der Waals surface area contributed by atoms with Crippen molar-refractivity contribution in [1.29, 1.82) is 0 Å². The maximum absolute atomic E-state index is 6.18. The molecule has 122 valence electrons. The van der Waals surface area contributed by atoms with E-state index < -0.39 is 0 Å². The van der Waals surface area contributed by atoms with Crippen molar-refractivity contribution < 1.29 is 4.42 Å². The predicted molar refractivity (Wildman–Crippen MR) is 103 cm³/mol. The van der Waals surface area contributed by atoms with Gasteiger partial charge in [0.2, 0.25) is 5.89 Å². The molecule has 25 heavy (non-hydrogen) atoms. The van der Waals surface area contributed by atoms with Crippen LogP contribution in [0.3, 0.4) is 0 Å². The Morgan fingerprint density at radius 1 is 0.920 bits per heavy atom. The molecule has 4 rings (SSSR count). The molecule has 3 nitrogen and oxygen atoms in total. The van der Waals surface area contributed by atoms with Crippen LogP contribution >= 0.6 is 23.2 Å². The van der Waals surface area contributed by atoms with Crippen LogP contribution in [-0.2, 0) is 0 Å². The number of nitrogens with zero attached hydrogens (tertiary/aromatic N) is 2. The van der Waals surface area contributed by atoms with E-state index in [1.54, 1.807) is 12.3 Å². The van der Waals surface area contributed by atoms with Gasteiger partial charge in [-0.2, -0.15) is 0 Å². The molecule has 0 spiro atoms. The molecule has 0 fully saturated rings. The van der Waals surface area contributed by atoms with E-state index in [0.29, 0.717) is 15.9 Å². The Hall–Kier alpha value is -2.62. The summed E-state index contributed by atoms with van der Waals surface area (Å²) in [4.78, 5) is 8.99. The van der Waals surface area contributed by atoms with Crippen LogP contribution in [0.4, 0.5) is 5.69 Å². The molecule has 0 aliphatic carbocycles. The van der Waals surface area contributed by atoms with Crippen LogP contribution in [0.15, 0.2) is 76.1 Å². The third-order valence-electron chi connectivity index (χ3n) is 3.72. The summed E-state index contributed by atoms with van der Waals surface area (Å²) in [7, 11) is 0. The van der Waals surface area contributed by atoms with Gasteiger partial charge < -0.3 is 4.42 Å². The number of hydrogen-bond acceptors (Lipinski definition) is 3. The lowest BCUT2D eigenvalue weighted by molar-refractivity contribution is 0.620. The van der Waals surface area contributed by atoms with Crippen molar-refractivity contribution in [1.82, 2.24) is 4.98 Å². The molecular weight excluding hydrogens is 355 g/mol. The number of aliphatic imine (C=N–C) groups is 1. The van der Waals surface area contributed by atoms with Gasteiger partial charge in [-0.3, -0.25) is 4.99 Å². The summed E-state index contributed by atoms with van der Waals surface area (Å²) in [5.74, 6) is 0.569. The molecule has 0 aliphatic heterocycles. The predicted octanol–water partition coefficient (Wildman–Crippen LogP) is 6.55. The molecule has 5 heteroatoms. The van der Waals surface area contributed by atoms with Crippen molar-refractivity contribution >= 4 is 46.2 Å². The van der Waals surface area contributed by atoms with Gasteiger partial charge in [0, 0.05) is 17.3 Å². The van der Waals surface area contributed by atoms with Gasteiger partial charge in [0.1, 0.15) is 5.52 Å². The minimum atomic E-state index is 0.489. The van der Waals surface area contributed by atoms with Gasteiger partial charge >= 0.3 is 0 Å². The van der Waals surface area contributed by atoms with Gasteiger partial charge in [0.25, 0.3) is 0 Å². The zero-order valence-electron chi connectivity index (χ0n) is 13.0. The van der Waals surface area contributed by atoms with Crippen molar-refractivity contribution in [2.75, 3.05) is 0 Å². The largest absolute Gasteiger partial charge is 0.436 e. The van der Waals surface area contributed by atoms with E-state index in [0.717, 1.165) is 27.9 Å². The zero-order chi connectivity index (χ0) is 17.2. The smallest absolute Gasteiger partial charge is 0.227 e. The number of oxazole rings is 1. The maximum Gasteiger partial charge on any atom is 0.227 e. The molecule has 0 saturated heterocycles. The fraction of sp³-hybridized carbons (Fsp3) is 0. The molecule has 3 aromatic carbocycles. The first-order valence-corrected chi connectivity index (χ1v) is 8.40. The Kier molecular flexibility index (Phi) is 4.26. The molecule has 1 heterocycles. The summed E-state index contributed by atoms with van der Waals surface area (Å²) >= 11 is 12.2. The molecule has 0 saturated carbocycles. The number of halogens is 2. The highest BCUT2D eigenvalue weighted by atomic mass is 35.5. The average molecular weight is 367 g/mol. The summed E-state index contributed by atoms with van der Waals surface area (Å²) in [6.07, 6.45) is 1.69. The van der Waals surface area contributed by atoms with Crippen LogP contribution in [0.1, 0.15) is 5.56 Å². The van der Waals surface area contributed by atoms with E-state index in [4.69, 9.17) is 27.6 Å². The molecular formula is C20H12Cl2N2O. The highest BCUT2D eigenvalue weighted by Crippen LogP contribution is 2.28. The minimum absolute atomic E-state index is 0.489. The number of benzene rings is 3. The van der Waals surface area contributed by atoms with E-state index in [-0.39, 0.29) is 0 Å². The van der Waals surface area contributed by atoms with Gasteiger partial charge in [-0.25, -0.2) is 4.98 Å². The average Bonchev–Trinajstić information content (AvgIpc) is 3.07. The monoisotopic (exact) mass is 366 g/mol. The van der Waals surface area contributed by atoms with Crippen molar-refractivity contribution in [3.63, 3.8) is 0 Å². The maximum atomic E-state index is 6.18. The zero-order valence-corrected chi connectivity index (χ0v) is 14.5. The Balaban J connectivity index is 1.67. The second-order valence-electron chi connectivity index (χ2n) is 5.44. The van der Waals surface area contributed by atoms with Gasteiger partial charge in [0.15, 0.2) is 5.58 Å². The molecule has 0 amide bonds. The number of aromatic nitrogens is 1. The Morgan fingerprint density at radius 2 is 1.76 bits per heavy atom. The third-order valence-corrected chi connectivity index (χ3v) is 4.55. The Labute approximate surface area is 154 Å². The van der Waals surface area contributed by atoms with Crippen molar-refractivity contribution in [2.45, 2.75) is 0 Å². The van der Waals surface area contributed by atoms with Crippen LogP contribution in [-0.4, -0.2) is 11.2 Å². The molecule has 0 radical (unpaired) electrons. The van der Waals surface area contributed by atoms with E-state index in [9.17, 15) is 0 Å². The van der Waals surface area contributed by atoms with Gasteiger partial charge in [-0.1, -0.05) is 53.5 Å². The third kappa shape index (κ3) is 3.29.